The number of carbonyl (C=O) groups is 2. The van der Waals surface area contributed by atoms with Crippen LogP contribution in [0.25, 0.3) is 0 Å². The van der Waals surface area contributed by atoms with Crippen LogP contribution in [0.5, 0.6) is 0 Å². The molecule has 2 amide bonds. The van der Waals surface area contributed by atoms with Gasteiger partial charge in [0.15, 0.2) is 0 Å². The molecule has 0 spiro atoms. The minimum absolute atomic E-state index is 0.0417. The molecule has 2 heterocycles. The minimum Gasteiger partial charge on any atom is -0.343 e. The topological polar surface area (TPSA) is 93.0 Å². The standard InChI is InChI=1S/C25H29FN6O2/c1-16(2)18-9-11-20(12-10-18)24(19-7-5-4-6-8-19)27-25(34)22-13-21(26)14-31(22)23(33)15-32-17(3)28-29-30-32/h4-12,16,21-22,24H,13-15H2,1-3H3,(H,27,34)/t21-,22?,24+/m1/s1. The molecule has 3 atom stereocenters. The molecular formula is C25H29FN6O2. The normalized spacial score (nSPS) is 18.8. The van der Waals surface area contributed by atoms with Gasteiger partial charge >= 0.3 is 0 Å². The third-order valence-corrected chi connectivity index (χ3v) is 6.22. The number of alkyl halides is 1. The van der Waals surface area contributed by atoms with Crippen LogP contribution in [-0.2, 0) is 16.1 Å². The molecule has 34 heavy (non-hydrogen) atoms. The van der Waals surface area contributed by atoms with Gasteiger partial charge < -0.3 is 10.2 Å². The maximum absolute atomic E-state index is 14.4. The molecule has 0 saturated carbocycles. The van der Waals surface area contributed by atoms with Crippen molar-refractivity contribution >= 4 is 11.8 Å². The van der Waals surface area contributed by atoms with Gasteiger partial charge in [-0.2, -0.15) is 0 Å². The van der Waals surface area contributed by atoms with Gasteiger partial charge in [-0.05, 0) is 40.0 Å². The molecule has 1 fully saturated rings. The number of likely N-dealkylation sites (tertiary alicyclic amines) is 1. The molecule has 1 N–H and O–H groups in total. The van der Waals surface area contributed by atoms with E-state index in [0.717, 1.165) is 11.1 Å². The highest BCUT2D eigenvalue weighted by Gasteiger charge is 2.40. The SMILES string of the molecule is Cc1nnnn1CC(=O)N1C[C@H](F)CC1C(=O)N[C@@H](c1ccccc1)c1ccc(C(C)C)cc1. The van der Waals surface area contributed by atoms with Crippen LogP contribution in [0.2, 0.25) is 0 Å². The quantitative estimate of drug-likeness (QED) is 0.580. The van der Waals surface area contributed by atoms with Gasteiger partial charge in [0.2, 0.25) is 11.8 Å². The minimum atomic E-state index is -1.27. The second-order valence-electron chi connectivity index (χ2n) is 8.95. The first-order valence-corrected chi connectivity index (χ1v) is 11.4. The van der Waals surface area contributed by atoms with Crippen LogP contribution in [0.15, 0.2) is 54.6 Å². The van der Waals surface area contributed by atoms with E-state index in [4.69, 9.17) is 0 Å². The fraction of sp³-hybridized carbons (Fsp3) is 0.400. The summed E-state index contributed by atoms with van der Waals surface area (Å²) < 4.78 is 15.7. The van der Waals surface area contributed by atoms with Gasteiger partial charge in [0, 0.05) is 6.42 Å². The third kappa shape index (κ3) is 5.13. The molecule has 0 radical (unpaired) electrons. The number of carbonyl (C=O) groups excluding carboxylic acids is 2. The van der Waals surface area contributed by atoms with E-state index >= 15 is 0 Å². The van der Waals surface area contributed by atoms with Gasteiger partial charge in [-0.3, -0.25) is 9.59 Å². The number of halogens is 1. The van der Waals surface area contributed by atoms with Crippen LogP contribution >= 0.6 is 0 Å². The molecule has 1 aliphatic heterocycles. The van der Waals surface area contributed by atoms with E-state index < -0.39 is 24.2 Å². The van der Waals surface area contributed by atoms with Crippen molar-refractivity contribution in [3.63, 3.8) is 0 Å². The van der Waals surface area contributed by atoms with Crippen LogP contribution in [0.3, 0.4) is 0 Å². The number of aryl methyl sites for hydroxylation is 1. The first kappa shape index (κ1) is 23.5. The molecule has 2 aromatic carbocycles. The van der Waals surface area contributed by atoms with Gasteiger partial charge in [-0.15, -0.1) is 5.10 Å². The summed E-state index contributed by atoms with van der Waals surface area (Å²) in [6, 6.07) is 16.4. The molecule has 9 heteroatoms. The molecule has 1 unspecified atom stereocenters. The highest BCUT2D eigenvalue weighted by atomic mass is 19.1. The lowest BCUT2D eigenvalue weighted by molar-refractivity contribution is -0.139. The molecule has 178 valence electrons. The predicted molar refractivity (Wildman–Crippen MR) is 125 cm³/mol. The first-order chi connectivity index (χ1) is 16.3. The lowest BCUT2D eigenvalue weighted by Crippen LogP contribution is -2.48. The molecule has 3 aromatic rings. The van der Waals surface area contributed by atoms with Crippen LogP contribution in [0.1, 0.15) is 54.7 Å². The van der Waals surface area contributed by atoms with Crippen LogP contribution in [-0.4, -0.2) is 55.7 Å². The summed E-state index contributed by atoms with van der Waals surface area (Å²) in [6.45, 7) is 5.66. The Morgan fingerprint density at radius 1 is 1.06 bits per heavy atom. The van der Waals surface area contributed by atoms with E-state index in [9.17, 15) is 14.0 Å². The van der Waals surface area contributed by atoms with Gasteiger partial charge in [-0.1, -0.05) is 68.4 Å². The summed E-state index contributed by atoms with van der Waals surface area (Å²) in [7, 11) is 0. The molecule has 8 nitrogen and oxygen atoms in total. The van der Waals surface area contributed by atoms with Crippen molar-refractivity contribution in [2.45, 2.75) is 57.9 Å². The molecular weight excluding hydrogens is 435 g/mol. The second-order valence-corrected chi connectivity index (χ2v) is 8.95. The first-order valence-electron chi connectivity index (χ1n) is 11.4. The van der Waals surface area contributed by atoms with E-state index in [2.05, 4.69) is 46.8 Å². The van der Waals surface area contributed by atoms with Crippen molar-refractivity contribution in [1.29, 1.82) is 0 Å². The van der Waals surface area contributed by atoms with Crippen molar-refractivity contribution in [2.75, 3.05) is 6.54 Å². The highest BCUT2D eigenvalue weighted by molar-refractivity contribution is 5.88. The Morgan fingerprint density at radius 3 is 2.32 bits per heavy atom. The van der Waals surface area contributed by atoms with E-state index in [0.29, 0.717) is 11.7 Å². The van der Waals surface area contributed by atoms with Crippen LogP contribution < -0.4 is 5.32 Å². The van der Waals surface area contributed by atoms with Gasteiger partial charge in [-0.25, -0.2) is 9.07 Å². The van der Waals surface area contributed by atoms with Crippen molar-refractivity contribution in [3.8, 4) is 0 Å². The third-order valence-electron chi connectivity index (χ3n) is 6.22. The van der Waals surface area contributed by atoms with Crippen molar-refractivity contribution in [1.82, 2.24) is 30.4 Å². The van der Waals surface area contributed by atoms with Crippen molar-refractivity contribution in [2.24, 2.45) is 0 Å². The maximum Gasteiger partial charge on any atom is 0.245 e. The second kappa shape index (κ2) is 10.1. The zero-order chi connectivity index (χ0) is 24.2. The largest absolute Gasteiger partial charge is 0.343 e. The molecule has 1 aromatic heterocycles. The van der Waals surface area contributed by atoms with Gasteiger partial charge in [0.1, 0.15) is 24.6 Å². The number of hydrogen-bond acceptors (Lipinski definition) is 5. The Balaban J connectivity index is 1.56. The van der Waals surface area contributed by atoms with E-state index in [1.54, 1.807) is 6.92 Å². The molecule has 4 rings (SSSR count). The number of rotatable bonds is 7. The Bertz CT molecular complexity index is 1130. The van der Waals surface area contributed by atoms with Gasteiger partial charge in [0.05, 0.1) is 12.6 Å². The number of amides is 2. The maximum atomic E-state index is 14.4. The Labute approximate surface area is 198 Å². The fourth-order valence-corrected chi connectivity index (χ4v) is 4.24. The summed E-state index contributed by atoms with van der Waals surface area (Å²) in [5.74, 6) is 0.0819. The Hall–Kier alpha value is -3.62. The monoisotopic (exact) mass is 464 g/mol. The molecule has 0 aliphatic carbocycles. The van der Waals surface area contributed by atoms with Crippen molar-refractivity contribution < 1.29 is 14.0 Å². The number of aromatic nitrogens is 4. The van der Waals surface area contributed by atoms with E-state index in [1.165, 1.54) is 15.1 Å². The van der Waals surface area contributed by atoms with Gasteiger partial charge in [0.25, 0.3) is 0 Å². The lowest BCUT2D eigenvalue weighted by atomic mass is 9.95. The molecule has 1 aliphatic rings. The Morgan fingerprint density at radius 2 is 1.71 bits per heavy atom. The number of nitrogens with one attached hydrogen (secondary N) is 1. The average molecular weight is 465 g/mol. The van der Waals surface area contributed by atoms with Crippen LogP contribution in [0, 0.1) is 6.92 Å². The summed E-state index contributed by atoms with van der Waals surface area (Å²) in [4.78, 5) is 27.6. The predicted octanol–water partition coefficient (Wildman–Crippen LogP) is 2.95. The number of nitrogens with zero attached hydrogens (tertiary/aromatic N) is 5. The molecule has 0 bridgehead atoms. The average Bonchev–Trinajstić information content (AvgIpc) is 3.43. The van der Waals surface area contributed by atoms with Crippen LogP contribution in [0.4, 0.5) is 4.39 Å². The zero-order valence-electron chi connectivity index (χ0n) is 19.6. The Kier molecular flexibility index (Phi) is 7.00. The number of benzene rings is 2. The van der Waals surface area contributed by atoms with Crippen molar-refractivity contribution in [3.05, 3.63) is 77.1 Å². The number of tetrazole rings is 1. The molecule has 1 saturated heterocycles. The summed E-state index contributed by atoms with van der Waals surface area (Å²) >= 11 is 0. The van der Waals surface area contributed by atoms with E-state index in [-0.39, 0.29) is 25.4 Å². The zero-order valence-corrected chi connectivity index (χ0v) is 19.6. The summed E-state index contributed by atoms with van der Waals surface area (Å²) in [6.07, 6.45) is -1.31. The smallest absolute Gasteiger partial charge is 0.245 e. The fourth-order valence-electron chi connectivity index (χ4n) is 4.24. The summed E-state index contributed by atoms with van der Waals surface area (Å²) in [5, 5.41) is 14.1. The highest BCUT2D eigenvalue weighted by Crippen LogP contribution is 2.27. The number of hydrogen-bond donors (Lipinski definition) is 1. The lowest BCUT2D eigenvalue weighted by Gasteiger charge is -2.27. The summed E-state index contributed by atoms with van der Waals surface area (Å²) in [5.41, 5.74) is 3.03. The van der Waals surface area contributed by atoms with E-state index in [1.807, 2.05) is 42.5 Å².